The molecule has 174 valence electrons. The molecule has 0 aliphatic rings. The van der Waals surface area contributed by atoms with Crippen LogP contribution in [-0.4, -0.2) is 44.8 Å². The number of amides is 2. The fraction of sp³-hybridized carbons (Fsp3) is 0.240. The molecule has 1 N–H and O–H groups in total. The molecular formula is C25H25N5O3S. The highest BCUT2D eigenvalue weighted by atomic mass is 32.1. The minimum atomic E-state index is -0.338. The highest BCUT2D eigenvalue weighted by Crippen LogP contribution is 2.30. The molecule has 4 rings (SSSR count). The zero-order valence-corrected chi connectivity index (χ0v) is 20.1. The Morgan fingerprint density at radius 1 is 1.09 bits per heavy atom. The van der Waals surface area contributed by atoms with Gasteiger partial charge in [0.15, 0.2) is 0 Å². The predicted molar refractivity (Wildman–Crippen MR) is 134 cm³/mol. The zero-order valence-electron chi connectivity index (χ0n) is 19.2. The maximum atomic E-state index is 13.2. The summed E-state index contributed by atoms with van der Waals surface area (Å²) in [6, 6.07) is 11.6. The number of carbonyl (C=O) groups is 2. The minimum absolute atomic E-state index is 0.0730. The number of fused-ring (bicyclic) bond motifs is 1. The lowest BCUT2D eigenvalue weighted by molar-refractivity contribution is -0.133. The van der Waals surface area contributed by atoms with Crippen molar-refractivity contribution in [2.24, 2.45) is 0 Å². The average molecular weight is 476 g/mol. The third kappa shape index (κ3) is 5.20. The van der Waals surface area contributed by atoms with Crippen molar-refractivity contribution < 1.29 is 9.59 Å². The quantitative estimate of drug-likeness (QED) is 0.440. The lowest BCUT2D eigenvalue weighted by atomic mass is 10.1. The van der Waals surface area contributed by atoms with Gasteiger partial charge in [-0.15, -0.1) is 11.3 Å². The summed E-state index contributed by atoms with van der Waals surface area (Å²) in [7, 11) is 1.56. The van der Waals surface area contributed by atoms with Crippen LogP contribution in [0.15, 0.2) is 59.1 Å². The van der Waals surface area contributed by atoms with Gasteiger partial charge in [0.05, 0.1) is 18.3 Å². The topological polar surface area (TPSA) is 97.2 Å². The number of nitrogens with one attached hydrogen (secondary N) is 1. The van der Waals surface area contributed by atoms with Gasteiger partial charge in [-0.25, -0.2) is 9.97 Å². The third-order valence-electron chi connectivity index (χ3n) is 5.48. The molecule has 8 nitrogen and oxygen atoms in total. The van der Waals surface area contributed by atoms with E-state index in [1.54, 1.807) is 19.3 Å². The maximum Gasteiger partial charge on any atom is 0.262 e. The number of carbonyl (C=O) groups excluding carboxylic acids is 2. The molecule has 0 aliphatic carbocycles. The van der Waals surface area contributed by atoms with Gasteiger partial charge in [-0.1, -0.05) is 29.8 Å². The molecule has 34 heavy (non-hydrogen) atoms. The van der Waals surface area contributed by atoms with E-state index < -0.39 is 0 Å². The zero-order chi connectivity index (χ0) is 24.2. The maximum absolute atomic E-state index is 13.2. The number of rotatable bonds is 7. The number of aromatic nitrogens is 3. The van der Waals surface area contributed by atoms with Gasteiger partial charge in [0.1, 0.15) is 10.6 Å². The van der Waals surface area contributed by atoms with E-state index in [4.69, 9.17) is 0 Å². The molecule has 0 bridgehead atoms. The van der Waals surface area contributed by atoms with E-state index in [-0.39, 0.29) is 36.9 Å². The lowest BCUT2D eigenvalue weighted by Gasteiger charge is -2.17. The van der Waals surface area contributed by atoms with Crippen LogP contribution in [-0.2, 0) is 16.1 Å². The van der Waals surface area contributed by atoms with Gasteiger partial charge in [0.25, 0.3) is 5.56 Å². The van der Waals surface area contributed by atoms with Crippen LogP contribution < -0.4 is 10.9 Å². The van der Waals surface area contributed by atoms with E-state index in [0.29, 0.717) is 16.0 Å². The fourth-order valence-corrected chi connectivity index (χ4v) is 4.48. The highest BCUT2D eigenvalue weighted by molar-refractivity contribution is 7.17. The van der Waals surface area contributed by atoms with Crippen molar-refractivity contribution in [3.05, 3.63) is 75.8 Å². The van der Waals surface area contributed by atoms with Crippen LogP contribution in [0.5, 0.6) is 0 Å². The molecule has 0 spiro atoms. The molecule has 0 saturated heterocycles. The van der Waals surface area contributed by atoms with Crippen molar-refractivity contribution in [2.75, 3.05) is 18.9 Å². The Labute approximate surface area is 200 Å². The van der Waals surface area contributed by atoms with E-state index >= 15 is 0 Å². The molecule has 3 aromatic heterocycles. The number of pyridine rings is 1. The molecule has 0 atom stereocenters. The van der Waals surface area contributed by atoms with Gasteiger partial charge < -0.3 is 10.2 Å². The van der Waals surface area contributed by atoms with Crippen molar-refractivity contribution in [1.82, 2.24) is 19.4 Å². The van der Waals surface area contributed by atoms with E-state index in [9.17, 15) is 14.4 Å². The second kappa shape index (κ2) is 9.96. The SMILES string of the molecule is Cc1ccc(-c2csc3ncn(CCC(=O)N(C)CC(=O)Nc4cc(C)ccn4)c(=O)c23)cc1. The Kier molecular flexibility index (Phi) is 6.83. The Morgan fingerprint density at radius 3 is 2.59 bits per heavy atom. The predicted octanol–water partition coefficient (Wildman–Crippen LogP) is 3.62. The first-order chi connectivity index (χ1) is 16.3. The number of nitrogens with zero attached hydrogens (tertiary/aromatic N) is 4. The number of aryl methyl sites for hydroxylation is 3. The molecule has 0 aliphatic heterocycles. The smallest absolute Gasteiger partial charge is 0.262 e. The third-order valence-corrected chi connectivity index (χ3v) is 6.37. The van der Waals surface area contributed by atoms with Gasteiger partial charge in [0, 0.05) is 37.2 Å². The van der Waals surface area contributed by atoms with Crippen molar-refractivity contribution in [3.63, 3.8) is 0 Å². The molecule has 0 saturated carbocycles. The number of hydrogen-bond donors (Lipinski definition) is 1. The first-order valence-corrected chi connectivity index (χ1v) is 11.7. The molecule has 0 radical (unpaired) electrons. The largest absolute Gasteiger partial charge is 0.336 e. The Bertz CT molecular complexity index is 1410. The van der Waals surface area contributed by atoms with Crippen LogP contribution in [0.1, 0.15) is 17.5 Å². The summed E-state index contributed by atoms with van der Waals surface area (Å²) in [6.45, 7) is 3.99. The van der Waals surface area contributed by atoms with E-state index in [0.717, 1.165) is 22.3 Å². The summed E-state index contributed by atoms with van der Waals surface area (Å²) >= 11 is 1.42. The first-order valence-electron chi connectivity index (χ1n) is 10.8. The number of thiophene rings is 1. The summed E-state index contributed by atoms with van der Waals surface area (Å²) in [5.41, 5.74) is 3.74. The highest BCUT2D eigenvalue weighted by Gasteiger charge is 2.16. The van der Waals surface area contributed by atoms with Gasteiger partial charge in [-0.2, -0.15) is 0 Å². The molecular weight excluding hydrogens is 450 g/mol. The van der Waals surface area contributed by atoms with Crippen LogP contribution >= 0.6 is 11.3 Å². The summed E-state index contributed by atoms with van der Waals surface area (Å²) < 4.78 is 1.45. The van der Waals surface area contributed by atoms with Crippen LogP contribution in [0.3, 0.4) is 0 Å². The molecule has 9 heteroatoms. The van der Waals surface area contributed by atoms with Crippen LogP contribution in [0.25, 0.3) is 21.3 Å². The second-order valence-electron chi connectivity index (χ2n) is 8.21. The molecule has 2 amide bonds. The average Bonchev–Trinajstić information content (AvgIpc) is 3.24. The first kappa shape index (κ1) is 23.3. The molecule has 0 fully saturated rings. The van der Waals surface area contributed by atoms with Crippen molar-refractivity contribution >= 4 is 39.2 Å². The minimum Gasteiger partial charge on any atom is -0.336 e. The van der Waals surface area contributed by atoms with E-state index in [1.165, 1.54) is 27.1 Å². The molecule has 1 aromatic carbocycles. The van der Waals surface area contributed by atoms with Gasteiger partial charge in [-0.3, -0.25) is 19.0 Å². The van der Waals surface area contributed by atoms with Gasteiger partial charge >= 0.3 is 0 Å². The van der Waals surface area contributed by atoms with Crippen molar-refractivity contribution in [1.29, 1.82) is 0 Å². The standard InChI is InChI=1S/C25H25N5O3S/c1-16-4-6-18(7-5-16)19-14-34-24-23(19)25(33)30(15-27-24)11-9-22(32)29(3)13-21(31)28-20-12-17(2)8-10-26-20/h4-8,10,12,14-15H,9,11,13H2,1-3H3,(H,26,28,31). The second-order valence-corrected chi connectivity index (χ2v) is 9.06. The molecule has 3 heterocycles. The summed E-state index contributed by atoms with van der Waals surface area (Å²) in [4.78, 5) is 48.6. The normalized spacial score (nSPS) is 10.9. The van der Waals surface area contributed by atoms with E-state index in [2.05, 4.69) is 15.3 Å². The monoisotopic (exact) mass is 475 g/mol. The van der Waals surface area contributed by atoms with Gasteiger partial charge in [0.2, 0.25) is 11.8 Å². The Balaban J connectivity index is 1.42. The Morgan fingerprint density at radius 2 is 1.85 bits per heavy atom. The van der Waals surface area contributed by atoms with Crippen molar-refractivity contribution in [2.45, 2.75) is 26.8 Å². The summed E-state index contributed by atoms with van der Waals surface area (Å²) in [5.74, 6) is -0.143. The number of likely N-dealkylation sites (N-methyl/N-ethyl adjacent to an activating group) is 1. The fourth-order valence-electron chi connectivity index (χ4n) is 3.57. The van der Waals surface area contributed by atoms with Crippen LogP contribution in [0.4, 0.5) is 5.82 Å². The molecule has 0 unspecified atom stereocenters. The number of benzene rings is 1. The lowest BCUT2D eigenvalue weighted by Crippen LogP contribution is -2.36. The van der Waals surface area contributed by atoms with Crippen molar-refractivity contribution in [3.8, 4) is 11.1 Å². The number of hydrogen-bond acceptors (Lipinski definition) is 6. The van der Waals surface area contributed by atoms with Crippen LogP contribution in [0.2, 0.25) is 0 Å². The summed E-state index contributed by atoms with van der Waals surface area (Å²) in [6.07, 6.45) is 3.16. The number of anilines is 1. The Hall–Kier alpha value is -3.85. The van der Waals surface area contributed by atoms with E-state index in [1.807, 2.05) is 49.6 Å². The van der Waals surface area contributed by atoms with Gasteiger partial charge in [-0.05, 0) is 37.1 Å². The van der Waals surface area contributed by atoms with Crippen LogP contribution in [0, 0.1) is 13.8 Å². The molecule has 4 aromatic rings. The summed E-state index contributed by atoms with van der Waals surface area (Å²) in [5, 5.41) is 5.18.